The number of rotatable bonds is 8. The van der Waals surface area contributed by atoms with E-state index in [4.69, 9.17) is 50.3 Å². The number of phosphoric acid groups is 2. The van der Waals surface area contributed by atoms with E-state index in [1.54, 1.807) is 0 Å². The lowest BCUT2D eigenvalue weighted by Gasteiger charge is -2.42. The number of phosphoric ester groups is 2. The third-order valence-electron chi connectivity index (χ3n) is 4.07. The fraction of sp³-hybridized carbons (Fsp3) is 1.00. The van der Waals surface area contributed by atoms with Gasteiger partial charge in [-0.3, -0.25) is 27.1 Å². The summed E-state index contributed by atoms with van der Waals surface area (Å²) < 4.78 is 57.1. The molecule has 27 heavy (non-hydrogen) atoms. The Kier molecular flexibility index (Phi) is 7.92. The van der Waals surface area contributed by atoms with Gasteiger partial charge in [0.15, 0.2) is 0 Å². The quantitative estimate of drug-likeness (QED) is 0.369. The summed E-state index contributed by atoms with van der Waals surface area (Å²) in [5.74, 6) is 0.683. The number of halogens is 2. The topological polar surface area (TPSA) is 89.5 Å². The predicted molar refractivity (Wildman–Crippen MR) is 102 cm³/mol. The molecule has 0 N–H and O–H groups in total. The first kappa shape index (κ1) is 24.1. The highest BCUT2D eigenvalue weighted by atomic mass is 35.5. The molecule has 12 heteroatoms. The summed E-state index contributed by atoms with van der Waals surface area (Å²) in [7, 11) is -7.34. The van der Waals surface area contributed by atoms with Gasteiger partial charge in [-0.15, -0.1) is 23.2 Å². The fourth-order valence-corrected chi connectivity index (χ4v) is 5.27. The Bertz CT molecular complexity index is 533. The van der Waals surface area contributed by atoms with Gasteiger partial charge in [-0.25, -0.2) is 9.13 Å². The minimum atomic E-state index is -3.67. The van der Waals surface area contributed by atoms with Crippen molar-refractivity contribution >= 4 is 38.8 Å². The molecule has 2 saturated heterocycles. The molecule has 0 atom stereocenters. The van der Waals surface area contributed by atoms with Crippen LogP contribution in [0.2, 0.25) is 0 Å². The lowest BCUT2D eigenvalue weighted by molar-refractivity contribution is -0.0986. The van der Waals surface area contributed by atoms with E-state index in [0.29, 0.717) is 11.8 Å². The normalized spacial score (nSPS) is 35.5. The Morgan fingerprint density at radius 2 is 1.07 bits per heavy atom. The Balaban J connectivity index is 1.84. The van der Waals surface area contributed by atoms with Gasteiger partial charge in [-0.05, 0) is 0 Å². The molecule has 2 aliphatic heterocycles. The summed E-state index contributed by atoms with van der Waals surface area (Å²) in [4.78, 5) is 0. The summed E-state index contributed by atoms with van der Waals surface area (Å²) in [5, 5.41) is 0. The maximum atomic E-state index is 12.5. The molecule has 8 nitrogen and oxygen atoms in total. The average Bonchev–Trinajstić information content (AvgIpc) is 2.64. The second-order valence-corrected chi connectivity index (χ2v) is 12.5. The molecule has 0 saturated carbocycles. The Morgan fingerprint density at radius 3 is 1.33 bits per heavy atom. The second kappa shape index (κ2) is 8.89. The highest BCUT2D eigenvalue weighted by Crippen LogP contribution is 2.60. The van der Waals surface area contributed by atoms with Gasteiger partial charge in [-0.1, -0.05) is 27.7 Å². The van der Waals surface area contributed by atoms with Crippen LogP contribution in [0, 0.1) is 16.2 Å². The van der Waals surface area contributed by atoms with Crippen LogP contribution in [0.5, 0.6) is 0 Å². The van der Waals surface area contributed by atoms with Crippen LogP contribution in [-0.2, 0) is 36.3 Å². The molecular formula is C15H28Cl2O8P2. The number of hydrogen-bond acceptors (Lipinski definition) is 8. The first-order valence-electron chi connectivity index (χ1n) is 8.56. The third kappa shape index (κ3) is 6.92. The molecule has 2 heterocycles. The van der Waals surface area contributed by atoms with Gasteiger partial charge >= 0.3 is 15.6 Å². The zero-order valence-corrected chi connectivity index (χ0v) is 19.4. The molecule has 0 aromatic rings. The van der Waals surface area contributed by atoms with Gasteiger partial charge in [0.25, 0.3) is 0 Å². The van der Waals surface area contributed by atoms with Gasteiger partial charge in [0, 0.05) is 22.6 Å². The molecule has 2 aliphatic rings. The Labute approximate surface area is 170 Å². The summed E-state index contributed by atoms with van der Waals surface area (Å²) in [6.45, 7) is 7.88. The summed E-state index contributed by atoms with van der Waals surface area (Å²) in [6, 6.07) is 0. The second-order valence-electron chi connectivity index (χ2n) is 8.63. The van der Waals surface area contributed by atoms with Crippen LogP contribution in [0.15, 0.2) is 0 Å². The van der Waals surface area contributed by atoms with Gasteiger partial charge in [0.1, 0.15) is 0 Å². The standard InChI is InChI=1S/C15H28Cl2O8P2/c1-13(2,5-16)7-20-26(18)22-9-15(10-23-26)11-24-27(19,25-12-15)21-8-14(3,4)6-17/h5-12H2,1-4H3. The first-order chi connectivity index (χ1) is 12.4. The van der Waals surface area contributed by atoms with Crippen molar-refractivity contribution in [1.82, 2.24) is 0 Å². The highest BCUT2D eigenvalue weighted by molar-refractivity contribution is 7.48. The molecule has 0 aromatic heterocycles. The first-order valence-corrected chi connectivity index (χ1v) is 12.5. The fourth-order valence-electron chi connectivity index (χ4n) is 1.92. The van der Waals surface area contributed by atoms with E-state index in [0.717, 1.165) is 0 Å². The largest absolute Gasteiger partial charge is 0.474 e. The smallest absolute Gasteiger partial charge is 0.286 e. The molecule has 0 bridgehead atoms. The zero-order valence-electron chi connectivity index (χ0n) is 16.1. The van der Waals surface area contributed by atoms with E-state index >= 15 is 0 Å². The maximum absolute atomic E-state index is 12.5. The van der Waals surface area contributed by atoms with E-state index in [1.165, 1.54) is 0 Å². The molecule has 2 rings (SSSR count). The SMILES string of the molecule is CC(C)(CCl)COP1(=O)OCC2(CO1)COP(=O)(OCC(C)(C)CCl)OC2. The molecule has 0 radical (unpaired) electrons. The van der Waals surface area contributed by atoms with E-state index < -0.39 is 21.1 Å². The Morgan fingerprint density at radius 1 is 0.778 bits per heavy atom. The van der Waals surface area contributed by atoms with Crippen LogP contribution in [0.3, 0.4) is 0 Å². The van der Waals surface area contributed by atoms with Crippen LogP contribution in [0.25, 0.3) is 0 Å². The van der Waals surface area contributed by atoms with Crippen LogP contribution < -0.4 is 0 Å². The molecule has 0 aliphatic carbocycles. The molecule has 2 fully saturated rings. The number of alkyl halides is 2. The molecular weight excluding hydrogens is 441 g/mol. The molecule has 1 spiro atoms. The minimum Gasteiger partial charge on any atom is -0.286 e. The van der Waals surface area contributed by atoms with Gasteiger partial charge in [0.2, 0.25) is 0 Å². The van der Waals surface area contributed by atoms with Crippen molar-refractivity contribution in [2.24, 2.45) is 16.2 Å². The lowest BCUT2D eigenvalue weighted by atomic mass is 9.93. The lowest BCUT2D eigenvalue weighted by Crippen LogP contribution is -2.46. The van der Waals surface area contributed by atoms with Crippen LogP contribution >= 0.6 is 38.8 Å². The van der Waals surface area contributed by atoms with Gasteiger partial charge in [-0.2, -0.15) is 0 Å². The van der Waals surface area contributed by atoms with E-state index in [-0.39, 0.29) is 50.5 Å². The van der Waals surface area contributed by atoms with Crippen molar-refractivity contribution in [3.63, 3.8) is 0 Å². The van der Waals surface area contributed by atoms with Gasteiger partial charge in [0.05, 0.1) is 45.1 Å². The predicted octanol–water partition coefficient (Wildman–Crippen LogP) is 4.85. The van der Waals surface area contributed by atoms with E-state index in [2.05, 4.69) is 0 Å². The summed E-state index contributed by atoms with van der Waals surface area (Å²) >= 11 is 11.7. The molecule has 0 amide bonds. The van der Waals surface area contributed by atoms with Crippen molar-refractivity contribution in [2.45, 2.75) is 27.7 Å². The van der Waals surface area contributed by atoms with Gasteiger partial charge < -0.3 is 0 Å². The maximum Gasteiger partial charge on any atom is 0.474 e. The van der Waals surface area contributed by atoms with Crippen molar-refractivity contribution in [3.8, 4) is 0 Å². The van der Waals surface area contributed by atoms with Crippen LogP contribution in [0.4, 0.5) is 0 Å². The van der Waals surface area contributed by atoms with Crippen LogP contribution in [-0.4, -0.2) is 51.4 Å². The highest BCUT2D eigenvalue weighted by Gasteiger charge is 2.50. The average molecular weight is 469 g/mol. The van der Waals surface area contributed by atoms with Crippen LogP contribution in [0.1, 0.15) is 27.7 Å². The number of hydrogen-bond donors (Lipinski definition) is 0. The summed E-state index contributed by atoms with van der Waals surface area (Å²) in [5.41, 5.74) is -1.45. The molecule has 160 valence electrons. The van der Waals surface area contributed by atoms with E-state index in [9.17, 15) is 9.13 Å². The molecule has 0 aromatic carbocycles. The molecule has 0 unspecified atom stereocenters. The third-order valence-corrected chi connectivity index (χ3v) is 8.18. The van der Waals surface area contributed by atoms with Crippen molar-refractivity contribution in [1.29, 1.82) is 0 Å². The monoisotopic (exact) mass is 468 g/mol. The van der Waals surface area contributed by atoms with Crippen molar-refractivity contribution < 1.29 is 36.3 Å². The Hall–Kier alpha value is 0.800. The zero-order chi connectivity index (χ0) is 20.4. The van der Waals surface area contributed by atoms with Crippen molar-refractivity contribution in [2.75, 3.05) is 51.4 Å². The van der Waals surface area contributed by atoms with Crippen molar-refractivity contribution in [3.05, 3.63) is 0 Å². The summed E-state index contributed by atoms with van der Waals surface area (Å²) in [6.07, 6.45) is 0. The van der Waals surface area contributed by atoms with E-state index in [1.807, 2.05) is 27.7 Å². The minimum absolute atomic E-state index is 0.0265.